The lowest BCUT2D eigenvalue weighted by atomic mass is 10.0. The molecule has 0 atom stereocenters. The minimum Gasteiger partial charge on any atom is -0.353 e. The number of piperazine rings is 1. The molecule has 4 aromatic heterocycles. The van der Waals surface area contributed by atoms with E-state index in [4.69, 9.17) is 4.98 Å². The van der Waals surface area contributed by atoms with Crippen LogP contribution in [-0.2, 0) is 7.05 Å². The van der Waals surface area contributed by atoms with Gasteiger partial charge in [-0.2, -0.15) is 5.10 Å². The molecule has 6 rings (SSSR count). The fourth-order valence-corrected chi connectivity index (χ4v) is 4.44. The first-order valence-electron chi connectivity index (χ1n) is 10.8. The van der Waals surface area contributed by atoms with Crippen molar-refractivity contribution in [1.29, 1.82) is 0 Å². The Morgan fingerprint density at radius 1 is 0.906 bits per heavy atom. The van der Waals surface area contributed by atoms with E-state index < -0.39 is 0 Å². The van der Waals surface area contributed by atoms with Gasteiger partial charge in [-0.05, 0) is 36.9 Å². The van der Waals surface area contributed by atoms with Crippen LogP contribution in [0.25, 0.3) is 44.3 Å². The van der Waals surface area contributed by atoms with Crippen LogP contribution in [-0.4, -0.2) is 67.8 Å². The lowest BCUT2D eigenvalue weighted by Gasteiger charge is -2.33. The number of likely N-dealkylation sites (N-methyl/N-ethyl adjacent to an activating group) is 1. The Labute approximate surface area is 185 Å². The fourth-order valence-electron chi connectivity index (χ4n) is 4.44. The monoisotopic (exact) mass is 424 g/mol. The summed E-state index contributed by atoms with van der Waals surface area (Å²) in [6.45, 7) is 4.03. The number of pyridine rings is 1. The highest BCUT2D eigenvalue weighted by Crippen LogP contribution is 2.33. The van der Waals surface area contributed by atoms with Gasteiger partial charge in [0.25, 0.3) is 0 Å². The van der Waals surface area contributed by atoms with Crippen LogP contribution in [0.5, 0.6) is 0 Å². The molecule has 32 heavy (non-hydrogen) atoms. The molecule has 0 bridgehead atoms. The van der Waals surface area contributed by atoms with Crippen LogP contribution in [0.1, 0.15) is 0 Å². The number of hydrogen-bond donors (Lipinski definition) is 1. The summed E-state index contributed by atoms with van der Waals surface area (Å²) in [5.41, 5.74) is 6.00. The van der Waals surface area contributed by atoms with Gasteiger partial charge in [0.2, 0.25) is 0 Å². The molecule has 1 fully saturated rings. The summed E-state index contributed by atoms with van der Waals surface area (Å²) in [4.78, 5) is 22.0. The van der Waals surface area contributed by atoms with Crippen LogP contribution in [0.15, 0.2) is 55.2 Å². The zero-order chi connectivity index (χ0) is 21.7. The summed E-state index contributed by atoms with van der Waals surface area (Å²) in [6.07, 6.45) is 7.51. The Morgan fingerprint density at radius 2 is 1.78 bits per heavy atom. The average molecular weight is 425 g/mol. The van der Waals surface area contributed by atoms with Crippen molar-refractivity contribution < 1.29 is 0 Å². The second kappa shape index (κ2) is 7.42. The highest BCUT2D eigenvalue weighted by Gasteiger charge is 2.19. The van der Waals surface area contributed by atoms with Crippen molar-refractivity contribution in [2.24, 2.45) is 7.05 Å². The number of nitrogens with one attached hydrogen (secondary N) is 1. The minimum absolute atomic E-state index is 0.866. The maximum Gasteiger partial charge on any atom is 0.139 e. The zero-order valence-electron chi connectivity index (χ0n) is 18.2. The first-order valence-corrected chi connectivity index (χ1v) is 10.8. The van der Waals surface area contributed by atoms with Crippen LogP contribution in [0.4, 0.5) is 5.82 Å². The van der Waals surface area contributed by atoms with Gasteiger partial charge in [-0.25, -0.2) is 15.0 Å². The maximum atomic E-state index is 4.82. The van der Waals surface area contributed by atoms with Gasteiger partial charge in [0.15, 0.2) is 0 Å². The van der Waals surface area contributed by atoms with Gasteiger partial charge < -0.3 is 14.8 Å². The van der Waals surface area contributed by atoms with Gasteiger partial charge in [0.1, 0.15) is 17.8 Å². The third-order valence-electron chi connectivity index (χ3n) is 6.27. The second-order valence-corrected chi connectivity index (χ2v) is 8.42. The van der Waals surface area contributed by atoms with Crippen molar-refractivity contribution >= 4 is 27.8 Å². The Bertz CT molecular complexity index is 1420. The second-order valence-electron chi connectivity index (χ2n) is 8.42. The Balaban J connectivity index is 1.42. The normalized spacial score (nSPS) is 15.1. The summed E-state index contributed by atoms with van der Waals surface area (Å²) < 4.78 is 1.79. The molecule has 1 saturated heterocycles. The van der Waals surface area contributed by atoms with Crippen LogP contribution >= 0.6 is 0 Å². The van der Waals surface area contributed by atoms with Crippen LogP contribution in [0.2, 0.25) is 0 Å². The van der Waals surface area contributed by atoms with E-state index in [0.717, 1.165) is 76.3 Å². The Hall–Kier alpha value is -3.78. The first-order chi connectivity index (χ1) is 15.7. The molecule has 8 nitrogen and oxygen atoms in total. The molecule has 1 aromatic carbocycles. The summed E-state index contributed by atoms with van der Waals surface area (Å²) in [6, 6.07) is 10.6. The SMILES string of the molecule is CN1CCN(c2ncnc3ccc(-c4c[nH]c5nc(-c6cnn(C)c6)ccc45)cc23)CC1. The number of fused-ring (bicyclic) bond motifs is 2. The molecule has 0 unspecified atom stereocenters. The predicted molar refractivity (Wildman–Crippen MR) is 127 cm³/mol. The molecule has 0 radical (unpaired) electrons. The quantitative estimate of drug-likeness (QED) is 0.479. The zero-order valence-corrected chi connectivity index (χ0v) is 18.2. The van der Waals surface area contributed by atoms with E-state index in [-0.39, 0.29) is 0 Å². The van der Waals surface area contributed by atoms with Gasteiger partial charge in [0, 0.05) is 67.5 Å². The third-order valence-corrected chi connectivity index (χ3v) is 6.27. The standard InChI is InChI=1S/C24H24N8/c1-30-7-9-32(10-8-30)24-19-11-16(3-5-22(19)26-15-27-24)20-13-25-23-18(20)4-6-21(29-23)17-12-28-31(2)14-17/h3-6,11-15H,7-10H2,1-2H3,(H,25,29). The van der Waals surface area contributed by atoms with E-state index in [1.807, 2.05) is 25.6 Å². The van der Waals surface area contributed by atoms with E-state index >= 15 is 0 Å². The van der Waals surface area contributed by atoms with Crippen molar-refractivity contribution in [2.75, 3.05) is 38.1 Å². The van der Waals surface area contributed by atoms with E-state index in [1.54, 1.807) is 11.0 Å². The van der Waals surface area contributed by atoms with Gasteiger partial charge in [-0.15, -0.1) is 0 Å². The van der Waals surface area contributed by atoms with Crippen LogP contribution in [0.3, 0.4) is 0 Å². The molecular weight excluding hydrogens is 400 g/mol. The summed E-state index contributed by atoms with van der Waals surface area (Å²) in [7, 11) is 4.08. The third kappa shape index (κ3) is 3.20. The smallest absolute Gasteiger partial charge is 0.139 e. The van der Waals surface area contributed by atoms with Gasteiger partial charge in [-0.1, -0.05) is 6.07 Å². The first kappa shape index (κ1) is 18.9. The van der Waals surface area contributed by atoms with Crippen molar-refractivity contribution in [2.45, 2.75) is 0 Å². The number of aromatic amines is 1. The molecule has 0 aliphatic carbocycles. The molecule has 0 saturated carbocycles. The molecule has 1 aliphatic heterocycles. The summed E-state index contributed by atoms with van der Waals surface area (Å²) in [5.74, 6) is 1.02. The number of hydrogen-bond acceptors (Lipinski definition) is 6. The molecule has 1 N–H and O–H groups in total. The average Bonchev–Trinajstić information content (AvgIpc) is 3.45. The molecule has 8 heteroatoms. The molecular formula is C24H24N8. The van der Waals surface area contributed by atoms with Crippen molar-refractivity contribution in [3.8, 4) is 22.4 Å². The number of aromatic nitrogens is 6. The summed E-state index contributed by atoms with van der Waals surface area (Å²) >= 11 is 0. The number of nitrogens with zero attached hydrogens (tertiary/aromatic N) is 7. The Kier molecular flexibility index (Phi) is 4.39. The topological polar surface area (TPSA) is 78.8 Å². The number of rotatable bonds is 3. The van der Waals surface area contributed by atoms with Gasteiger partial charge in [0.05, 0.1) is 17.4 Å². The highest BCUT2D eigenvalue weighted by molar-refractivity contribution is 5.99. The van der Waals surface area contributed by atoms with Gasteiger partial charge in [-0.3, -0.25) is 4.68 Å². The lowest BCUT2D eigenvalue weighted by molar-refractivity contribution is 0.312. The molecule has 5 aromatic rings. The molecule has 0 spiro atoms. The summed E-state index contributed by atoms with van der Waals surface area (Å²) in [5, 5.41) is 6.43. The Morgan fingerprint density at radius 3 is 2.59 bits per heavy atom. The van der Waals surface area contributed by atoms with Gasteiger partial charge >= 0.3 is 0 Å². The highest BCUT2D eigenvalue weighted by atomic mass is 15.3. The van der Waals surface area contributed by atoms with E-state index in [9.17, 15) is 0 Å². The van der Waals surface area contributed by atoms with Crippen LogP contribution < -0.4 is 4.90 Å². The van der Waals surface area contributed by atoms with Crippen molar-refractivity contribution in [1.82, 2.24) is 34.6 Å². The lowest BCUT2D eigenvalue weighted by Crippen LogP contribution is -2.44. The largest absolute Gasteiger partial charge is 0.353 e. The van der Waals surface area contributed by atoms with Crippen molar-refractivity contribution in [3.05, 3.63) is 55.2 Å². The minimum atomic E-state index is 0.866. The fraction of sp³-hybridized carbons (Fsp3) is 0.250. The molecule has 5 heterocycles. The van der Waals surface area contributed by atoms with Crippen molar-refractivity contribution in [3.63, 3.8) is 0 Å². The maximum absolute atomic E-state index is 4.82. The number of benzene rings is 1. The van der Waals surface area contributed by atoms with E-state index in [0.29, 0.717) is 0 Å². The predicted octanol–water partition coefficient (Wildman–Crippen LogP) is 3.33. The number of aryl methyl sites for hydroxylation is 1. The number of anilines is 1. The molecule has 1 aliphatic rings. The molecule has 0 amide bonds. The van der Waals surface area contributed by atoms with E-state index in [2.05, 4.69) is 67.2 Å². The molecule has 160 valence electrons. The van der Waals surface area contributed by atoms with Crippen LogP contribution in [0, 0.1) is 0 Å². The van der Waals surface area contributed by atoms with E-state index in [1.165, 1.54) is 0 Å². The number of H-pyrrole nitrogens is 1.